The van der Waals surface area contributed by atoms with Gasteiger partial charge in [0, 0.05) is 11.3 Å². The Morgan fingerprint density at radius 3 is 2.49 bits per heavy atom. The molecule has 0 aromatic heterocycles. The van der Waals surface area contributed by atoms with Crippen LogP contribution in [-0.4, -0.2) is 62.2 Å². The van der Waals surface area contributed by atoms with Crippen LogP contribution in [0.3, 0.4) is 0 Å². The highest BCUT2D eigenvalue weighted by Gasteiger charge is 2.81. The van der Waals surface area contributed by atoms with Crippen LogP contribution in [0.1, 0.15) is 73.1 Å². The maximum absolute atomic E-state index is 13.3. The van der Waals surface area contributed by atoms with E-state index in [0.717, 1.165) is 0 Å². The molecule has 7 heteroatoms. The van der Waals surface area contributed by atoms with Crippen molar-refractivity contribution in [2.45, 2.75) is 108 Å². The Bertz CT molecular complexity index is 1010. The Labute approximate surface area is 207 Å². The summed E-state index contributed by atoms with van der Waals surface area (Å²) in [6.07, 6.45) is 5.33. The highest BCUT2D eigenvalue weighted by Crippen LogP contribution is 2.73. The lowest BCUT2D eigenvalue weighted by atomic mass is 9.42. The maximum atomic E-state index is 13.3. The fourth-order valence-corrected chi connectivity index (χ4v) is 9.55. The molecular formula is C28H40O7. The third-order valence-electron chi connectivity index (χ3n) is 12.2. The molecule has 0 amide bonds. The summed E-state index contributed by atoms with van der Waals surface area (Å²) in [5.74, 6) is -1.20. The number of esters is 1. The van der Waals surface area contributed by atoms with E-state index in [2.05, 4.69) is 6.92 Å². The molecular weight excluding hydrogens is 448 g/mol. The van der Waals surface area contributed by atoms with Gasteiger partial charge in [0.05, 0.1) is 23.0 Å². The number of fused-ring (bicyclic) bond motifs is 8. The summed E-state index contributed by atoms with van der Waals surface area (Å²) in [6.45, 7) is 9.60. The molecule has 0 aromatic rings. The molecule has 2 aliphatic heterocycles. The zero-order chi connectivity index (χ0) is 25.3. The standard InChI is InChI=1S/C28H40O7/c1-14-13-19(34-23(30)15(14)2)26(5,31)17-9-12-27(32)20-16(8-11-24(17,27)3)25(4)18(29)7-6-10-28(25,33)22-21(20)35-22/h6-7,14-17,19-22,31-33H,8-13H2,1-5H3/t14-,15+,16-,17?,19+,20-,21-,22-,24+,25-,26+,27+,28-/m0/s1. The van der Waals surface area contributed by atoms with Crippen LogP contribution in [0.25, 0.3) is 0 Å². The van der Waals surface area contributed by atoms with Crippen LogP contribution >= 0.6 is 0 Å². The van der Waals surface area contributed by atoms with Crippen molar-refractivity contribution < 1.29 is 34.4 Å². The molecule has 1 unspecified atom stereocenters. The number of ether oxygens (including phenoxy) is 2. The predicted molar refractivity (Wildman–Crippen MR) is 126 cm³/mol. The number of allylic oxidation sites excluding steroid dienone is 1. The summed E-state index contributed by atoms with van der Waals surface area (Å²) in [7, 11) is 0. The van der Waals surface area contributed by atoms with Crippen molar-refractivity contribution in [2.75, 3.05) is 0 Å². The Morgan fingerprint density at radius 1 is 1.09 bits per heavy atom. The van der Waals surface area contributed by atoms with E-state index in [9.17, 15) is 24.9 Å². The molecule has 2 heterocycles. The number of ketones is 1. The van der Waals surface area contributed by atoms with Crippen LogP contribution in [0.4, 0.5) is 0 Å². The quantitative estimate of drug-likeness (QED) is 0.404. The highest BCUT2D eigenvalue weighted by atomic mass is 16.6. The van der Waals surface area contributed by atoms with Gasteiger partial charge >= 0.3 is 5.97 Å². The molecule has 0 spiro atoms. The van der Waals surface area contributed by atoms with Crippen molar-refractivity contribution in [3.8, 4) is 0 Å². The van der Waals surface area contributed by atoms with Gasteiger partial charge in [-0.15, -0.1) is 0 Å². The van der Waals surface area contributed by atoms with Crippen LogP contribution in [0.15, 0.2) is 12.2 Å². The molecule has 6 aliphatic rings. The van der Waals surface area contributed by atoms with Crippen LogP contribution in [0.5, 0.6) is 0 Å². The van der Waals surface area contributed by atoms with Gasteiger partial charge in [-0.05, 0) is 76.2 Å². The van der Waals surface area contributed by atoms with E-state index in [0.29, 0.717) is 38.5 Å². The third kappa shape index (κ3) is 2.66. The number of rotatable bonds is 2. The molecule has 4 aliphatic carbocycles. The lowest BCUT2D eigenvalue weighted by molar-refractivity contribution is -0.241. The summed E-state index contributed by atoms with van der Waals surface area (Å²) in [5.41, 5.74) is -5.32. The number of carbonyl (C=O) groups is 2. The fraction of sp³-hybridized carbons (Fsp3) is 0.857. The summed E-state index contributed by atoms with van der Waals surface area (Å²) in [6, 6.07) is 0. The Balaban J connectivity index is 1.36. The van der Waals surface area contributed by atoms with Gasteiger partial charge in [0.25, 0.3) is 0 Å². The SMILES string of the molecule is C[C@H]1C[C@H]([C@](C)(O)C2CC[C@@]3(O)[C@@H]4[C@@H]5O[C@@H]5[C@@]5(O)CC=CC(=O)[C@]5(C)[C@H]4CC[C@]23C)OC(=O)[C@@H]1C. The van der Waals surface area contributed by atoms with Gasteiger partial charge in [-0.3, -0.25) is 9.59 Å². The van der Waals surface area contributed by atoms with Gasteiger partial charge in [0.15, 0.2) is 5.78 Å². The molecule has 7 nitrogen and oxygen atoms in total. The molecule has 6 rings (SSSR count). The zero-order valence-corrected chi connectivity index (χ0v) is 21.5. The molecule has 3 N–H and O–H groups in total. The van der Waals surface area contributed by atoms with Crippen molar-refractivity contribution in [3.05, 3.63) is 12.2 Å². The monoisotopic (exact) mass is 488 g/mol. The number of aliphatic hydroxyl groups is 3. The number of hydrogen-bond acceptors (Lipinski definition) is 7. The van der Waals surface area contributed by atoms with Gasteiger partial charge < -0.3 is 24.8 Å². The van der Waals surface area contributed by atoms with Crippen LogP contribution in [0.2, 0.25) is 0 Å². The maximum Gasteiger partial charge on any atom is 0.309 e. The first-order valence-electron chi connectivity index (χ1n) is 13.5. The normalized spacial score (nSPS) is 58.4. The minimum atomic E-state index is -1.29. The predicted octanol–water partition coefficient (Wildman–Crippen LogP) is 2.55. The third-order valence-corrected chi connectivity index (χ3v) is 12.2. The first kappa shape index (κ1) is 24.1. The average molecular weight is 489 g/mol. The number of epoxide rings is 1. The Kier molecular flexibility index (Phi) is 4.80. The van der Waals surface area contributed by atoms with Gasteiger partial charge in [0.1, 0.15) is 23.4 Å². The summed E-state index contributed by atoms with van der Waals surface area (Å²) >= 11 is 0. The first-order valence-corrected chi connectivity index (χ1v) is 13.5. The summed E-state index contributed by atoms with van der Waals surface area (Å²) in [5, 5.41) is 36.2. The van der Waals surface area contributed by atoms with E-state index < -0.39 is 39.8 Å². The second kappa shape index (κ2) is 6.97. The van der Waals surface area contributed by atoms with E-state index >= 15 is 0 Å². The van der Waals surface area contributed by atoms with E-state index in [-0.39, 0.29) is 47.4 Å². The zero-order valence-electron chi connectivity index (χ0n) is 21.5. The van der Waals surface area contributed by atoms with Crippen molar-refractivity contribution in [3.63, 3.8) is 0 Å². The molecule has 194 valence electrons. The van der Waals surface area contributed by atoms with Gasteiger partial charge in [-0.1, -0.05) is 26.8 Å². The topological polar surface area (TPSA) is 117 Å². The number of cyclic esters (lactones) is 1. The minimum Gasteiger partial charge on any atom is -0.459 e. The lowest BCUT2D eigenvalue weighted by Gasteiger charge is -2.63. The van der Waals surface area contributed by atoms with Crippen molar-refractivity contribution >= 4 is 11.8 Å². The van der Waals surface area contributed by atoms with Crippen molar-refractivity contribution in [2.24, 2.45) is 40.4 Å². The van der Waals surface area contributed by atoms with Crippen molar-refractivity contribution in [1.82, 2.24) is 0 Å². The van der Waals surface area contributed by atoms with Crippen LogP contribution in [-0.2, 0) is 19.1 Å². The second-order valence-electron chi connectivity index (χ2n) is 13.4. The summed E-state index contributed by atoms with van der Waals surface area (Å²) in [4.78, 5) is 25.8. The van der Waals surface area contributed by atoms with Crippen LogP contribution < -0.4 is 0 Å². The Morgan fingerprint density at radius 2 is 1.80 bits per heavy atom. The molecule has 3 saturated carbocycles. The lowest BCUT2D eigenvalue weighted by Crippen LogP contribution is -2.72. The van der Waals surface area contributed by atoms with E-state index in [4.69, 9.17) is 9.47 Å². The molecule has 13 atom stereocenters. The van der Waals surface area contributed by atoms with Crippen LogP contribution in [0, 0.1) is 40.4 Å². The van der Waals surface area contributed by atoms with Gasteiger partial charge in [-0.25, -0.2) is 0 Å². The van der Waals surface area contributed by atoms with E-state index in [1.165, 1.54) is 0 Å². The fourth-order valence-electron chi connectivity index (χ4n) is 9.55. The molecule has 2 saturated heterocycles. The number of hydrogen-bond donors (Lipinski definition) is 3. The molecule has 0 radical (unpaired) electrons. The molecule has 0 aromatic carbocycles. The average Bonchev–Trinajstić information content (AvgIpc) is 3.52. The molecule has 0 bridgehead atoms. The second-order valence-corrected chi connectivity index (χ2v) is 13.4. The Hall–Kier alpha value is -1.28. The van der Waals surface area contributed by atoms with E-state index in [1.807, 2.05) is 20.8 Å². The number of carbonyl (C=O) groups excluding carboxylic acids is 2. The minimum absolute atomic E-state index is 0.0822. The smallest absolute Gasteiger partial charge is 0.309 e. The van der Waals surface area contributed by atoms with Crippen molar-refractivity contribution in [1.29, 1.82) is 0 Å². The van der Waals surface area contributed by atoms with Gasteiger partial charge in [-0.2, -0.15) is 0 Å². The largest absolute Gasteiger partial charge is 0.459 e. The highest BCUT2D eigenvalue weighted by molar-refractivity contribution is 5.97. The summed E-state index contributed by atoms with van der Waals surface area (Å²) < 4.78 is 11.9. The first-order chi connectivity index (χ1) is 16.2. The van der Waals surface area contributed by atoms with Gasteiger partial charge in [0.2, 0.25) is 0 Å². The van der Waals surface area contributed by atoms with E-state index in [1.54, 1.807) is 19.1 Å². The molecule has 5 fully saturated rings. The molecule has 35 heavy (non-hydrogen) atoms.